The summed E-state index contributed by atoms with van der Waals surface area (Å²) in [5.74, 6) is 0.918. The summed E-state index contributed by atoms with van der Waals surface area (Å²) in [5.41, 5.74) is 2.23. The lowest BCUT2D eigenvalue weighted by Crippen LogP contribution is -2.33. The summed E-state index contributed by atoms with van der Waals surface area (Å²) in [6, 6.07) is 6.15. The van der Waals surface area contributed by atoms with Gasteiger partial charge < -0.3 is 10.0 Å². The Morgan fingerprint density at radius 3 is 2.61 bits per heavy atom. The Kier molecular flexibility index (Phi) is 5.07. The number of benzene rings is 1. The van der Waals surface area contributed by atoms with Crippen LogP contribution >= 0.6 is 15.9 Å². The lowest BCUT2D eigenvalue weighted by Gasteiger charge is -2.34. The number of nitrogens with zero attached hydrogens (tertiary/aromatic N) is 1. The molecule has 0 aliphatic carbocycles. The molecule has 1 saturated heterocycles. The van der Waals surface area contributed by atoms with Crippen molar-refractivity contribution in [3.8, 4) is 0 Å². The van der Waals surface area contributed by atoms with Crippen molar-refractivity contribution in [1.82, 2.24) is 0 Å². The van der Waals surface area contributed by atoms with Crippen LogP contribution in [0.2, 0.25) is 0 Å². The molecule has 100 valence electrons. The average molecular weight is 312 g/mol. The van der Waals surface area contributed by atoms with Gasteiger partial charge in [-0.3, -0.25) is 0 Å². The van der Waals surface area contributed by atoms with Gasteiger partial charge in [0, 0.05) is 17.6 Å². The molecule has 1 aromatic rings. The minimum absolute atomic E-state index is 0.109. The van der Waals surface area contributed by atoms with E-state index in [1.165, 1.54) is 31.4 Å². The quantitative estimate of drug-likeness (QED) is 0.910. The van der Waals surface area contributed by atoms with Crippen LogP contribution in [0.1, 0.15) is 38.2 Å². The van der Waals surface area contributed by atoms with Crippen molar-refractivity contribution in [2.24, 2.45) is 5.92 Å². The van der Waals surface area contributed by atoms with Crippen LogP contribution in [0.5, 0.6) is 0 Å². The predicted molar refractivity (Wildman–Crippen MR) is 79.9 cm³/mol. The lowest BCUT2D eigenvalue weighted by molar-refractivity contribution is 0.282. The number of aliphatic hydroxyl groups excluding tert-OH is 1. The van der Waals surface area contributed by atoms with Gasteiger partial charge in [-0.1, -0.05) is 25.8 Å². The molecule has 0 spiro atoms. The Balaban J connectivity index is 2.01. The van der Waals surface area contributed by atoms with Crippen molar-refractivity contribution >= 4 is 21.6 Å². The summed E-state index contributed by atoms with van der Waals surface area (Å²) in [6.07, 6.45) is 5.29. The zero-order valence-corrected chi connectivity index (χ0v) is 12.6. The van der Waals surface area contributed by atoms with E-state index in [-0.39, 0.29) is 6.61 Å². The molecular weight excluding hydrogens is 290 g/mol. The number of hydrogen-bond donors (Lipinski definition) is 1. The van der Waals surface area contributed by atoms with E-state index in [2.05, 4.69) is 33.8 Å². The van der Waals surface area contributed by atoms with E-state index in [4.69, 9.17) is 5.11 Å². The minimum atomic E-state index is 0.109. The fourth-order valence-corrected chi connectivity index (χ4v) is 3.45. The van der Waals surface area contributed by atoms with Crippen LogP contribution in [0.15, 0.2) is 22.7 Å². The monoisotopic (exact) mass is 311 g/mol. The molecule has 1 fully saturated rings. The van der Waals surface area contributed by atoms with Gasteiger partial charge in [-0.25, -0.2) is 0 Å². The highest BCUT2D eigenvalue weighted by molar-refractivity contribution is 9.10. The molecule has 1 aromatic carbocycles. The fraction of sp³-hybridized carbons (Fsp3) is 0.600. The first kappa shape index (κ1) is 13.9. The zero-order valence-electron chi connectivity index (χ0n) is 11.0. The largest absolute Gasteiger partial charge is 0.392 e. The van der Waals surface area contributed by atoms with E-state index in [1.807, 2.05) is 12.1 Å². The van der Waals surface area contributed by atoms with Gasteiger partial charge in [0.15, 0.2) is 0 Å². The van der Waals surface area contributed by atoms with Gasteiger partial charge in [-0.05, 0) is 52.4 Å². The number of anilines is 1. The van der Waals surface area contributed by atoms with Gasteiger partial charge in [0.25, 0.3) is 0 Å². The van der Waals surface area contributed by atoms with Crippen LogP contribution in [0.4, 0.5) is 5.69 Å². The van der Waals surface area contributed by atoms with Gasteiger partial charge in [-0.2, -0.15) is 0 Å². The molecule has 0 unspecified atom stereocenters. The van der Waals surface area contributed by atoms with Crippen molar-refractivity contribution in [2.75, 3.05) is 18.0 Å². The fourth-order valence-electron chi connectivity index (χ4n) is 2.78. The smallest absolute Gasteiger partial charge is 0.0682 e. The van der Waals surface area contributed by atoms with Crippen LogP contribution in [0, 0.1) is 5.92 Å². The summed E-state index contributed by atoms with van der Waals surface area (Å²) in [4.78, 5) is 2.46. The number of halogens is 1. The first-order chi connectivity index (χ1) is 8.74. The highest BCUT2D eigenvalue weighted by Gasteiger charge is 2.20. The SMILES string of the molecule is CCCC1CCN(c2ccc(CO)cc2Br)CC1. The van der Waals surface area contributed by atoms with Crippen molar-refractivity contribution in [3.05, 3.63) is 28.2 Å². The number of aliphatic hydroxyl groups is 1. The van der Waals surface area contributed by atoms with Gasteiger partial charge in [0.05, 0.1) is 12.3 Å². The molecule has 0 atom stereocenters. The van der Waals surface area contributed by atoms with Gasteiger partial charge in [-0.15, -0.1) is 0 Å². The molecule has 1 N–H and O–H groups in total. The summed E-state index contributed by atoms with van der Waals surface area (Å²) in [7, 11) is 0. The Hall–Kier alpha value is -0.540. The summed E-state index contributed by atoms with van der Waals surface area (Å²) < 4.78 is 1.10. The normalized spacial score (nSPS) is 17.2. The van der Waals surface area contributed by atoms with Gasteiger partial charge in [0.1, 0.15) is 0 Å². The first-order valence-corrected chi connectivity index (χ1v) is 7.68. The molecule has 0 radical (unpaired) electrons. The molecule has 2 nitrogen and oxygen atoms in total. The number of piperidine rings is 1. The zero-order chi connectivity index (χ0) is 13.0. The number of hydrogen-bond acceptors (Lipinski definition) is 2. The Morgan fingerprint density at radius 2 is 2.06 bits per heavy atom. The molecule has 0 bridgehead atoms. The Morgan fingerprint density at radius 1 is 1.33 bits per heavy atom. The van der Waals surface area contributed by atoms with Crippen LogP contribution < -0.4 is 4.90 Å². The average Bonchev–Trinajstić information content (AvgIpc) is 2.40. The van der Waals surface area contributed by atoms with Crippen molar-refractivity contribution in [1.29, 1.82) is 0 Å². The molecular formula is C15H22BrNO. The second-order valence-electron chi connectivity index (χ2n) is 5.16. The van der Waals surface area contributed by atoms with Crippen LogP contribution in [0.25, 0.3) is 0 Å². The molecule has 0 aromatic heterocycles. The van der Waals surface area contributed by atoms with Crippen LogP contribution in [0.3, 0.4) is 0 Å². The van der Waals surface area contributed by atoms with Crippen molar-refractivity contribution in [3.63, 3.8) is 0 Å². The molecule has 0 amide bonds. The van der Waals surface area contributed by atoms with Crippen LogP contribution in [-0.4, -0.2) is 18.2 Å². The summed E-state index contributed by atoms with van der Waals surface area (Å²) >= 11 is 3.62. The van der Waals surface area contributed by atoms with E-state index >= 15 is 0 Å². The molecule has 1 heterocycles. The van der Waals surface area contributed by atoms with E-state index in [1.54, 1.807) is 0 Å². The molecule has 1 aliphatic rings. The topological polar surface area (TPSA) is 23.5 Å². The molecule has 3 heteroatoms. The van der Waals surface area contributed by atoms with Gasteiger partial charge >= 0.3 is 0 Å². The molecule has 0 saturated carbocycles. The predicted octanol–water partition coefficient (Wildman–Crippen LogP) is 3.96. The Labute approximate surface area is 118 Å². The third-order valence-corrected chi connectivity index (χ3v) is 4.48. The summed E-state index contributed by atoms with van der Waals surface area (Å²) in [6.45, 7) is 4.69. The maximum Gasteiger partial charge on any atom is 0.0682 e. The molecule has 18 heavy (non-hydrogen) atoms. The summed E-state index contributed by atoms with van der Waals surface area (Å²) in [5, 5.41) is 9.12. The minimum Gasteiger partial charge on any atom is -0.392 e. The van der Waals surface area contributed by atoms with Crippen LogP contribution in [-0.2, 0) is 6.61 Å². The second kappa shape index (κ2) is 6.58. The first-order valence-electron chi connectivity index (χ1n) is 6.88. The standard InChI is InChI=1S/C15H22BrNO/c1-2-3-12-6-8-17(9-7-12)15-5-4-13(11-18)10-14(15)16/h4-5,10,12,18H,2-3,6-9,11H2,1H3. The molecule has 1 aliphatic heterocycles. The lowest BCUT2D eigenvalue weighted by atomic mass is 9.92. The van der Waals surface area contributed by atoms with Crippen molar-refractivity contribution in [2.45, 2.75) is 39.2 Å². The van der Waals surface area contributed by atoms with Gasteiger partial charge in [0.2, 0.25) is 0 Å². The van der Waals surface area contributed by atoms with E-state index in [0.717, 1.165) is 29.0 Å². The second-order valence-corrected chi connectivity index (χ2v) is 6.02. The highest BCUT2D eigenvalue weighted by Crippen LogP contribution is 2.31. The van der Waals surface area contributed by atoms with E-state index in [9.17, 15) is 0 Å². The Bertz CT molecular complexity index is 386. The third-order valence-electron chi connectivity index (χ3n) is 3.85. The number of rotatable bonds is 4. The molecule has 2 rings (SSSR count). The maximum absolute atomic E-state index is 9.12. The third kappa shape index (κ3) is 3.27. The van der Waals surface area contributed by atoms with E-state index in [0.29, 0.717) is 0 Å². The maximum atomic E-state index is 9.12. The van der Waals surface area contributed by atoms with E-state index < -0.39 is 0 Å². The highest BCUT2D eigenvalue weighted by atomic mass is 79.9. The van der Waals surface area contributed by atoms with Crippen molar-refractivity contribution < 1.29 is 5.11 Å².